The van der Waals surface area contributed by atoms with E-state index in [0.717, 1.165) is 17.7 Å². The molecule has 0 saturated carbocycles. The lowest BCUT2D eigenvalue weighted by molar-refractivity contribution is 0.0241. The van der Waals surface area contributed by atoms with E-state index in [1.54, 1.807) is 9.58 Å². The monoisotopic (exact) mass is 342 g/mol. The van der Waals surface area contributed by atoms with Gasteiger partial charge in [0.1, 0.15) is 5.82 Å². The van der Waals surface area contributed by atoms with E-state index in [4.69, 9.17) is 0 Å². The number of carbonyl (C=O) groups is 1. The zero-order valence-electron chi connectivity index (χ0n) is 15.3. The van der Waals surface area contributed by atoms with Gasteiger partial charge in [-0.2, -0.15) is 0 Å². The minimum Gasteiger partial charge on any atom is -0.391 e. The lowest BCUT2D eigenvalue weighted by Gasteiger charge is -2.33. The summed E-state index contributed by atoms with van der Waals surface area (Å²) >= 11 is 0. The van der Waals surface area contributed by atoms with E-state index in [0.29, 0.717) is 24.8 Å². The van der Waals surface area contributed by atoms with Gasteiger partial charge in [-0.05, 0) is 36.8 Å². The Morgan fingerprint density at radius 3 is 2.72 bits per heavy atom. The van der Waals surface area contributed by atoms with Gasteiger partial charge in [0.2, 0.25) is 5.82 Å². The molecule has 2 unspecified atom stereocenters. The Balaban J connectivity index is 1.90. The molecule has 1 N–H and O–H groups in total. The number of piperidine rings is 1. The molecule has 0 bridgehead atoms. The van der Waals surface area contributed by atoms with Crippen molar-refractivity contribution in [1.29, 1.82) is 0 Å². The molecule has 1 saturated heterocycles. The van der Waals surface area contributed by atoms with Crippen molar-refractivity contribution in [3.63, 3.8) is 0 Å². The molecule has 6 nitrogen and oxygen atoms in total. The summed E-state index contributed by atoms with van der Waals surface area (Å²) in [5.41, 5.74) is 2.12. The van der Waals surface area contributed by atoms with Crippen molar-refractivity contribution in [2.45, 2.75) is 46.1 Å². The van der Waals surface area contributed by atoms with E-state index in [1.807, 2.05) is 32.0 Å². The van der Waals surface area contributed by atoms with Crippen LogP contribution in [0.25, 0.3) is 5.69 Å². The Morgan fingerprint density at radius 1 is 1.32 bits per heavy atom. The number of para-hydroxylation sites is 1. The van der Waals surface area contributed by atoms with Gasteiger partial charge >= 0.3 is 0 Å². The summed E-state index contributed by atoms with van der Waals surface area (Å²) in [6.45, 7) is 9.10. The fourth-order valence-corrected chi connectivity index (χ4v) is 3.25. The van der Waals surface area contributed by atoms with Gasteiger partial charge in [0, 0.05) is 13.1 Å². The number of amides is 1. The maximum Gasteiger partial charge on any atom is 0.293 e. The molecule has 3 rings (SSSR count). The normalized spacial score (nSPS) is 21.0. The summed E-state index contributed by atoms with van der Waals surface area (Å²) in [6.07, 6.45) is 0.311. The Hall–Kier alpha value is -2.21. The maximum absolute atomic E-state index is 12.7. The standard InChI is InChI=1S/C19H26N4O2/c1-12(2)15-7-5-6-8-16(15)23-14(4)20-18(21-23)19(25)22-10-9-13(3)17(24)11-22/h5-8,12-13,17,24H,9-11H2,1-4H3. The zero-order valence-corrected chi connectivity index (χ0v) is 15.3. The van der Waals surface area contributed by atoms with Crippen LogP contribution in [0.1, 0.15) is 55.1 Å². The fraction of sp³-hybridized carbons (Fsp3) is 0.526. The van der Waals surface area contributed by atoms with Crippen molar-refractivity contribution >= 4 is 5.91 Å². The Morgan fingerprint density at radius 2 is 2.04 bits per heavy atom. The molecule has 1 fully saturated rings. The van der Waals surface area contributed by atoms with E-state index in [9.17, 15) is 9.90 Å². The lowest BCUT2D eigenvalue weighted by atomic mass is 9.96. The van der Waals surface area contributed by atoms with Crippen LogP contribution in [0.15, 0.2) is 24.3 Å². The Labute approximate surface area is 148 Å². The molecule has 6 heteroatoms. The minimum absolute atomic E-state index is 0.192. The molecule has 1 amide bonds. The van der Waals surface area contributed by atoms with Crippen LogP contribution in [-0.2, 0) is 0 Å². The van der Waals surface area contributed by atoms with E-state index in [2.05, 4.69) is 30.0 Å². The Kier molecular flexibility index (Phi) is 4.90. The number of hydrogen-bond acceptors (Lipinski definition) is 4. The van der Waals surface area contributed by atoms with Crippen LogP contribution in [0.3, 0.4) is 0 Å². The van der Waals surface area contributed by atoms with E-state index in [-0.39, 0.29) is 17.6 Å². The third-order valence-electron chi connectivity index (χ3n) is 4.95. The number of hydrogen-bond donors (Lipinski definition) is 1. The first-order valence-electron chi connectivity index (χ1n) is 8.88. The van der Waals surface area contributed by atoms with Crippen LogP contribution in [0, 0.1) is 12.8 Å². The van der Waals surface area contributed by atoms with Crippen molar-refractivity contribution in [1.82, 2.24) is 19.7 Å². The number of β-amino-alcohol motifs (C(OH)–C–C–N with tert-alkyl or cyclic N) is 1. The van der Waals surface area contributed by atoms with E-state index in [1.165, 1.54) is 0 Å². The zero-order chi connectivity index (χ0) is 18.1. The molecule has 134 valence electrons. The highest BCUT2D eigenvalue weighted by Crippen LogP contribution is 2.24. The predicted octanol–water partition coefficient (Wildman–Crippen LogP) is 2.54. The third kappa shape index (κ3) is 3.44. The topological polar surface area (TPSA) is 71.2 Å². The first-order chi connectivity index (χ1) is 11.9. The molecule has 0 aliphatic carbocycles. The third-order valence-corrected chi connectivity index (χ3v) is 4.95. The van der Waals surface area contributed by atoms with Gasteiger partial charge in [0.05, 0.1) is 11.8 Å². The van der Waals surface area contributed by atoms with Crippen LogP contribution >= 0.6 is 0 Å². The molecule has 0 spiro atoms. The van der Waals surface area contributed by atoms with Crippen molar-refractivity contribution in [2.24, 2.45) is 5.92 Å². The summed E-state index contributed by atoms with van der Waals surface area (Å²) in [7, 11) is 0. The predicted molar refractivity (Wildman–Crippen MR) is 95.9 cm³/mol. The van der Waals surface area contributed by atoms with Crippen molar-refractivity contribution in [3.05, 3.63) is 41.5 Å². The molecule has 25 heavy (non-hydrogen) atoms. The van der Waals surface area contributed by atoms with Crippen LogP contribution in [0.2, 0.25) is 0 Å². The number of benzene rings is 1. The van der Waals surface area contributed by atoms with E-state index < -0.39 is 6.10 Å². The molecule has 2 heterocycles. The second-order valence-corrected chi connectivity index (χ2v) is 7.19. The number of likely N-dealkylation sites (tertiary alicyclic amines) is 1. The van der Waals surface area contributed by atoms with Gasteiger partial charge in [0.15, 0.2) is 0 Å². The fourth-order valence-electron chi connectivity index (χ4n) is 3.25. The molecule has 2 atom stereocenters. The number of rotatable bonds is 3. The summed E-state index contributed by atoms with van der Waals surface area (Å²) in [4.78, 5) is 18.8. The average molecular weight is 342 g/mol. The van der Waals surface area contributed by atoms with Crippen LogP contribution in [-0.4, -0.2) is 49.9 Å². The second kappa shape index (κ2) is 6.96. The summed E-state index contributed by atoms with van der Waals surface area (Å²) < 4.78 is 1.74. The number of aromatic nitrogens is 3. The van der Waals surface area contributed by atoms with Gasteiger partial charge in [0.25, 0.3) is 5.91 Å². The number of nitrogens with zero attached hydrogens (tertiary/aromatic N) is 4. The van der Waals surface area contributed by atoms with Gasteiger partial charge in [-0.25, -0.2) is 9.67 Å². The number of aryl methyl sites for hydroxylation is 1. The quantitative estimate of drug-likeness (QED) is 0.930. The van der Waals surface area contributed by atoms with Gasteiger partial charge in [-0.15, -0.1) is 5.10 Å². The molecular formula is C19H26N4O2. The van der Waals surface area contributed by atoms with Crippen LogP contribution in [0.4, 0.5) is 0 Å². The number of aliphatic hydroxyl groups excluding tert-OH is 1. The molecule has 1 aliphatic heterocycles. The van der Waals surface area contributed by atoms with Crippen LogP contribution in [0.5, 0.6) is 0 Å². The van der Waals surface area contributed by atoms with E-state index >= 15 is 0 Å². The summed E-state index contributed by atoms with van der Waals surface area (Å²) in [6, 6.07) is 8.04. The highest BCUT2D eigenvalue weighted by atomic mass is 16.3. The minimum atomic E-state index is -0.484. The van der Waals surface area contributed by atoms with Gasteiger partial charge in [-0.3, -0.25) is 4.79 Å². The molecule has 1 aromatic heterocycles. The highest BCUT2D eigenvalue weighted by Gasteiger charge is 2.30. The largest absolute Gasteiger partial charge is 0.391 e. The van der Waals surface area contributed by atoms with Gasteiger partial charge < -0.3 is 10.0 Å². The number of carbonyl (C=O) groups excluding carboxylic acids is 1. The van der Waals surface area contributed by atoms with Gasteiger partial charge in [-0.1, -0.05) is 39.0 Å². The number of aliphatic hydroxyl groups is 1. The van der Waals surface area contributed by atoms with Crippen LogP contribution < -0.4 is 0 Å². The smallest absolute Gasteiger partial charge is 0.293 e. The molecule has 1 aliphatic rings. The first kappa shape index (κ1) is 17.6. The second-order valence-electron chi connectivity index (χ2n) is 7.19. The molecular weight excluding hydrogens is 316 g/mol. The summed E-state index contributed by atoms with van der Waals surface area (Å²) in [5, 5.41) is 14.5. The van der Waals surface area contributed by atoms with Crippen molar-refractivity contribution in [3.8, 4) is 5.69 Å². The molecule has 2 aromatic rings. The maximum atomic E-state index is 12.7. The average Bonchev–Trinajstić information content (AvgIpc) is 2.98. The SMILES string of the molecule is Cc1nc(C(=O)N2CCC(C)C(O)C2)nn1-c1ccccc1C(C)C. The highest BCUT2D eigenvalue weighted by molar-refractivity contribution is 5.90. The lowest BCUT2D eigenvalue weighted by Crippen LogP contribution is -2.46. The Bertz CT molecular complexity index is 769. The van der Waals surface area contributed by atoms with Crippen molar-refractivity contribution in [2.75, 3.05) is 13.1 Å². The van der Waals surface area contributed by atoms with Crippen molar-refractivity contribution < 1.29 is 9.90 Å². The molecule has 0 radical (unpaired) electrons. The summed E-state index contributed by atoms with van der Waals surface area (Å²) in [5.74, 6) is 1.22. The molecule has 1 aromatic carbocycles. The first-order valence-corrected chi connectivity index (χ1v) is 8.88.